The molecule has 7 heteroatoms. The molecule has 0 radical (unpaired) electrons. The number of carbonyl (C=O) groups is 1. The third-order valence-electron chi connectivity index (χ3n) is 4.78. The summed E-state index contributed by atoms with van der Waals surface area (Å²) in [6, 6.07) is 10.9. The van der Waals surface area contributed by atoms with Crippen molar-refractivity contribution in [2.45, 2.75) is 38.5 Å². The maximum Gasteiger partial charge on any atom is 0.272 e. The highest BCUT2D eigenvalue weighted by atomic mass is 19.3. The van der Waals surface area contributed by atoms with Crippen molar-refractivity contribution < 1.29 is 18.3 Å². The molecule has 2 unspecified atom stereocenters. The lowest BCUT2D eigenvalue weighted by Crippen LogP contribution is -2.47. The highest BCUT2D eigenvalue weighted by molar-refractivity contribution is 5.93. The number of rotatable bonds is 5. The minimum absolute atomic E-state index is 0.105. The quantitative estimate of drug-likeness (QED) is 0.835. The Bertz CT molecular complexity index is 791. The van der Waals surface area contributed by atoms with E-state index in [2.05, 4.69) is 5.10 Å². The van der Waals surface area contributed by atoms with Gasteiger partial charge in [-0.05, 0) is 25.1 Å². The summed E-state index contributed by atoms with van der Waals surface area (Å²) >= 11 is 0. The molecule has 25 heavy (non-hydrogen) atoms. The second kappa shape index (κ2) is 5.82. The zero-order valence-electron chi connectivity index (χ0n) is 13.9. The molecule has 132 valence electrons. The van der Waals surface area contributed by atoms with Crippen LogP contribution in [0.3, 0.4) is 0 Å². The Morgan fingerprint density at radius 3 is 2.72 bits per heavy atom. The first-order valence-corrected chi connectivity index (χ1v) is 8.37. The Balaban J connectivity index is 1.46. The fraction of sp³-hybridized carbons (Fsp3) is 0.444. The van der Waals surface area contributed by atoms with E-state index in [0.29, 0.717) is 17.9 Å². The molecule has 4 rings (SSSR count). The van der Waals surface area contributed by atoms with E-state index in [1.165, 1.54) is 0 Å². The molecule has 1 fully saturated rings. The topological polar surface area (TPSA) is 47.4 Å². The van der Waals surface area contributed by atoms with E-state index in [9.17, 15) is 13.6 Å². The van der Waals surface area contributed by atoms with E-state index in [0.717, 1.165) is 5.75 Å². The molecule has 0 saturated heterocycles. The number of halogens is 2. The van der Waals surface area contributed by atoms with Crippen molar-refractivity contribution in [1.29, 1.82) is 0 Å². The van der Waals surface area contributed by atoms with E-state index in [1.807, 2.05) is 37.3 Å². The first-order chi connectivity index (χ1) is 11.9. The number of para-hydroxylation sites is 1. The number of fused-ring (bicyclic) bond motifs is 1. The lowest BCUT2D eigenvalue weighted by molar-refractivity contribution is 0.0501. The number of amides is 1. The van der Waals surface area contributed by atoms with Crippen molar-refractivity contribution in [3.05, 3.63) is 47.8 Å². The Morgan fingerprint density at radius 1 is 1.32 bits per heavy atom. The van der Waals surface area contributed by atoms with E-state index in [4.69, 9.17) is 4.74 Å². The highest BCUT2D eigenvalue weighted by Crippen LogP contribution is 2.49. The lowest BCUT2D eigenvalue weighted by Gasteiger charge is -2.33. The van der Waals surface area contributed by atoms with Gasteiger partial charge in [-0.15, -0.1) is 0 Å². The van der Waals surface area contributed by atoms with Gasteiger partial charge in [0.05, 0.1) is 6.54 Å². The summed E-state index contributed by atoms with van der Waals surface area (Å²) in [5.74, 6) is -2.84. The fourth-order valence-electron chi connectivity index (χ4n) is 3.19. The number of alkyl halides is 2. The van der Waals surface area contributed by atoms with Crippen molar-refractivity contribution >= 4 is 5.91 Å². The molecular weight excluding hydrogens is 328 g/mol. The predicted octanol–water partition coefficient (Wildman–Crippen LogP) is 2.96. The highest BCUT2D eigenvalue weighted by Gasteiger charge is 2.58. The molecule has 1 aromatic carbocycles. The van der Waals surface area contributed by atoms with Crippen molar-refractivity contribution in [1.82, 2.24) is 14.7 Å². The second-order valence-corrected chi connectivity index (χ2v) is 6.77. The Morgan fingerprint density at radius 2 is 2.04 bits per heavy atom. The first kappa shape index (κ1) is 16.1. The molecule has 2 atom stereocenters. The normalized spacial score (nSPS) is 24.1. The van der Waals surface area contributed by atoms with Crippen LogP contribution >= 0.6 is 0 Å². The van der Waals surface area contributed by atoms with Crippen molar-refractivity contribution in [2.24, 2.45) is 5.92 Å². The van der Waals surface area contributed by atoms with E-state index < -0.39 is 11.8 Å². The van der Waals surface area contributed by atoms with Crippen molar-refractivity contribution in [3.8, 4) is 5.75 Å². The Labute approximate surface area is 144 Å². The summed E-state index contributed by atoms with van der Waals surface area (Å²) in [6.07, 6.45) is -0.126. The second-order valence-electron chi connectivity index (χ2n) is 6.77. The van der Waals surface area contributed by atoms with Crippen LogP contribution in [0.15, 0.2) is 36.4 Å². The molecule has 1 aliphatic carbocycles. The molecule has 0 N–H and O–H groups in total. The molecule has 1 saturated carbocycles. The Kier molecular flexibility index (Phi) is 3.74. The van der Waals surface area contributed by atoms with Gasteiger partial charge in [0.25, 0.3) is 11.8 Å². The Hall–Kier alpha value is -2.44. The van der Waals surface area contributed by atoms with E-state index in [-0.39, 0.29) is 31.5 Å². The molecule has 0 spiro atoms. The van der Waals surface area contributed by atoms with Gasteiger partial charge >= 0.3 is 0 Å². The van der Waals surface area contributed by atoms with Crippen LogP contribution < -0.4 is 4.74 Å². The van der Waals surface area contributed by atoms with Gasteiger partial charge in [-0.2, -0.15) is 5.10 Å². The van der Waals surface area contributed by atoms with Crippen LogP contribution in [0, 0.1) is 5.92 Å². The zero-order valence-corrected chi connectivity index (χ0v) is 13.9. The van der Waals surface area contributed by atoms with Gasteiger partial charge in [0.2, 0.25) is 0 Å². The molecule has 5 nitrogen and oxygen atoms in total. The largest absolute Gasteiger partial charge is 0.487 e. The summed E-state index contributed by atoms with van der Waals surface area (Å²) in [7, 11) is 0. The zero-order chi connectivity index (χ0) is 17.6. The number of hydrogen-bond acceptors (Lipinski definition) is 3. The van der Waals surface area contributed by atoms with Crippen LogP contribution in [-0.2, 0) is 13.2 Å². The number of nitrogens with zero attached hydrogens (tertiary/aromatic N) is 3. The average molecular weight is 347 g/mol. The van der Waals surface area contributed by atoms with E-state index >= 15 is 0 Å². The summed E-state index contributed by atoms with van der Waals surface area (Å²) in [4.78, 5) is 14.2. The summed E-state index contributed by atoms with van der Waals surface area (Å²) in [6.45, 7) is 2.73. The van der Waals surface area contributed by atoms with Crippen LogP contribution in [0.2, 0.25) is 0 Å². The fourth-order valence-corrected chi connectivity index (χ4v) is 3.19. The summed E-state index contributed by atoms with van der Waals surface area (Å²) < 4.78 is 33.7. The number of aromatic nitrogens is 2. The molecule has 2 aromatic rings. The van der Waals surface area contributed by atoms with Crippen LogP contribution in [0.5, 0.6) is 5.75 Å². The van der Waals surface area contributed by atoms with Gasteiger partial charge in [0, 0.05) is 24.9 Å². The number of ether oxygens (including phenoxy) is 1. The maximum absolute atomic E-state index is 13.2. The van der Waals surface area contributed by atoms with Crippen LogP contribution in [-0.4, -0.2) is 39.1 Å². The molecule has 2 aliphatic rings. The molecule has 2 heterocycles. The minimum atomic E-state index is -2.62. The third-order valence-corrected chi connectivity index (χ3v) is 4.78. The van der Waals surface area contributed by atoms with Gasteiger partial charge in [0.15, 0.2) is 0 Å². The SMILES string of the molecule is CC1Cn2nc(COc3ccccc3)cc2C(=O)N1CC1CC1(F)F. The number of benzene rings is 1. The predicted molar refractivity (Wildman–Crippen MR) is 86.6 cm³/mol. The van der Waals surface area contributed by atoms with Crippen molar-refractivity contribution in [2.75, 3.05) is 6.54 Å². The lowest BCUT2D eigenvalue weighted by atomic mass is 10.1. The molecule has 1 aliphatic heterocycles. The summed E-state index contributed by atoms with van der Waals surface area (Å²) in [5, 5.41) is 4.42. The maximum atomic E-state index is 13.2. The van der Waals surface area contributed by atoms with Gasteiger partial charge < -0.3 is 9.64 Å². The smallest absolute Gasteiger partial charge is 0.272 e. The average Bonchev–Trinajstić information content (AvgIpc) is 3.00. The minimum Gasteiger partial charge on any atom is -0.487 e. The molecule has 1 amide bonds. The third kappa shape index (κ3) is 3.10. The number of hydrogen-bond donors (Lipinski definition) is 0. The van der Waals surface area contributed by atoms with Gasteiger partial charge in [0.1, 0.15) is 23.7 Å². The molecule has 0 bridgehead atoms. The molecular formula is C18H19F2N3O2. The number of carbonyl (C=O) groups excluding carboxylic acids is 1. The van der Waals surface area contributed by atoms with Gasteiger partial charge in [-0.1, -0.05) is 18.2 Å². The molecule has 1 aromatic heterocycles. The monoisotopic (exact) mass is 347 g/mol. The summed E-state index contributed by atoms with van der Waals surface area (Å²) in [5.41, 5.74) is 1.09. The van der Waals surface area contributed by atoms with Gasteiger partial charge in [-0.25, -0.2) is 8.78 Å². The van der Waals surface area contributed by atoms with Crippen LogP contribution in [0.25, 0.3) is 0 Å². The van der Waals surface area contributed by atoms with Crippen LogP contribution in [0.1, 0.15) is 29.5 Å². The van der Waals surface area contributed by atoms with Crippen LogP contribution in [0.4, 0.5) is 8.78 Å². The standard InChI is InChI=1S/C18H19F2N3O2/c1-12-9-23-16(17(24)22(12)10-13-8-18(13,19)20)7-14(21-23)11-25-15-5-3-2-4-6-15/h2-7,12-13H,8-11H2,1H3. The van der Waals surface area contributed by atoms with E-state index in [1.54, 1.807) is 15.6 Å². The van der Waals surface area contributed by atoms with Gasteiger partial charge in [-0.3, -0.25) is 9.48 Å². The first-order valence-electron chi connectivity index (χ1n) is 8.37. The van der Waals surface area contributed by atoms with Crippen molar-refractivity contribution in [3.63, 3.8) is 0 Å².